The monoisotopic (exact) mass is 263 g/mol. The fourth-order valence-corrected chi connectivity index (χ4v) is 1.98. The Morgan fingerprint density at radius 2 is 1.79 bits per heavy atom. The van der Waals surface area contributed by atoms with Crippen molar-refractivity contribution in [3.05, 3.63) is 29.8 Å². The number of para-hydroxylation sites is 1. The van der Waals surface area contributed by atoms with Gasteiger partial charge in [-0.15, -0.1) is 0 Å². The zero-order chi connectivity index (χ0) is 14.1. The first kappa shape index (κ1) is 15.5. The lowest BCUT2D eigenvalue weighted by molar-refractivity contribution is 0.0498. The van der Waals surface area contributed by atoms with Gasteiger partial charge in [0.1, 0.15) is 0 Å². The standard InChI is InChI=1S/C16H25NO2/c1-4-5-6-7-10-13-19-16(18)14-11-8-9-12-15(14)17(2)3/h8-9,11-12H,4-7,10,13H2,1-3H3. The zero-order valence-corrected chi connectivity index (χ0v) is 12.3. The van der Waals surface area contributed by atoms with Crippen LogP contribution in [0.15, 0.2) is 24.3 Å². The molecule has 3 heteroatoms. The van der Waals surface area contributed by atoms with Gasteiger partial charge >= 0.3 is 5.97 Å². The third-order valence-electron chi connectivity index (χ3n) is 3.09. The SMILES string of the molecule is CCCCCCCOC(=O)c1ccccc1N(C)C. The molecule has 0 aromatic heterocycles. The number of esters is 1. The molecule has 19 heavy (non-hydrogen) atoms. The summed E-state index contributed by atoms with van der Waals surface area (Å²) in [5, 5.41) is 0. The summed E-state index contributed by atoms with van der Waals surface area (Å²) in [5.74, 6) is -0.222. The van der Waals surface area contributed by atoms with E-state index in [0.717, 1.165) is 18.5 Å². The maximum absolute atomic E-state index is 12.0. The van der Waals surface area contributed by atoms with Crippen molar-refractivity contribution in [2.45, 2.75) is 39.0 Å². The predicted octanol–water partition coefficient (Wildman–Crippen LogP) is 3.88. The van der Waals surface area contributed by atoms with Crippen LogP contribution in [0.1, 0.15) is 49.4 Å². The van der Waals surface area contributed by atoms with E-state index in [9.17, 15) is 4.79 Å². The molecule has 0 atom stereocenters. The molecule has 0 spiro atoms. The molecule has 106 valence electrons. The van der Waals surface area contributed by atoms with Crippen LogP contribution in [0.25, 0.3) is 0 Å². The summed E-state index contributed by atoms with van der Waals surface area (Å²) >= 11 is 0. The number of carbonyl (C=O) groups is 1. The van der Waals surface area contributed by atoms with Crippen LogP contribution < -0.4 is 4.90 Å². The van der Waals surface area contributed by atoms with Crippen molar-refractivity contribution in [2.24, 2.45) is 0 Å². The highest BCUT2D eigenvalue weighted by Crippen LogP contribution is 2.18. The van der Waals surface area contributed by atoms with Gasteiger partial charge in [-0.25, -0.2) is 4.79 Å². The van der Waals surface area contributed by atoms with Crippen molar-refractivity contribution in [1.82, 2.24) is 0 Å². The third-order valence-corrected chi connectivity index (χ3v) is 3.09. The third kappa shape index (κ3) is 5.33. The molecule has 0 aliphatic heterocycles. The Hall–Kier alpha value is -1.51. The maximum Gasteiger partial charge on any atom is 0.340 e. The lowest BCUT2D eigenvalue weighted by Crippen LogP contribution is -2.15. The molecule has 0 aliphatic carbocycles. The number of anilines is 1. The van der Waals surface area contributed by atoms with E-state index in [4.69, 9.17) is 4.74 Å². The molecule has 0 heterocycles. The van der Waals surface area contributed by atoms with Crippen LogP contribution in [0.5, 0.6) is 0 Å². The van der Waals surface area contributed by atoms with Crippen LogP contribution >= 0.6 is 0 Å². The van der Waals surface area contributed by atoms with Crippen LogP contribution in [0.4, 0.5) is 5.69 Å². The largest absolute Gasteiger partial charge is 0.462 e. The van der Waals surface area contributed by atoms with Gasteiger partial charge in [-0.3, -0.25) is 0 Å². The highest BCUT2D eigenvalue weighted by Gasteiger charge is 2.13. The number of carbonyl (C=O) groups excluding carboxylic acids is 1. The van der Waals surface area contributed by atoms with Gasteiger partial charge in [0.2, 0.25) is 0 Å². The van der Waals surface area contributed by atoms with E-state index >= 15 is 0 Å². The van der Waals surface area contributed by atoms with Gasteiger partial charge in [-0.2, -0.15) is 0 Å². The smallest absolute Gasteiger partial charge is 0.340 e. The number of unbranched alkanes of at least 4 members (excludes halogenated alkanes) is 4. The summed E-state index contributed by atoms with van der Waals surface area (Å²) in [6, 6.07) is 7.54. The van der Waals surface area contributed by atoms with E-state index < -0.39 is 0 Å². The first-order valence-corrected chi connectivity index (χ1v) is 7.10. The second kappa shape index (κ2) is 8.57. The van der Waals surface area contributed by atoms with Crippen LogP contribution in [0.2, 0.25) is 0 Å². The van der Waals surface area contributed by atoms with Crippen molar-refractivity contribution >= 4 is 11.7 Å². The number of benzene rings is 1. The number of rotatable bonds is 8. The maximum atomic E-state index is 12.0. The minimum absolute atomic E-state index is 0.222. The molecule has 1 aromatic rings. The molecule has 0 bridgehead atoms. The second-order valence-electron chi connectivity index (χ2n) is 4.96. The molecule has 0 radical (unpaired) electrons. The zero-order valence-electron chi connectivity index (χ0n) is 12.3. The van der Waals surface area contributed by atoms with Gasteiger partial charge in [0, 0.05) is 14.1 Å². The van der Waals surface area contributed by atoms with E-state index in [1.54, 1.807) is 0 Å². The highest BCUT2D eigenvalue weighted by molar-refractivity contribution is 5.95. The Bertz CT molecular complexity index is 388. The summed E-state index contributed by atoms with van der Waals surface area (Å²) in [6.45, 7) is 2.71. The average molecular weight is 263 g/mol. The first-order chi connectivity index (χ1) is 9.16. The van der Waals surface area contributed by atoms with E-state index in [2.05, 4.69) is 6.92 Å². The molecular formula is C16H25NO2. The molecule has 0 saturated carbocycles. The van der Waals surface area contributed by atoms with Gasteiger partial charge < -0.3 is 9.64 Å². The summed E-state index contributed by atoms with van der Waals surface area (Å²) in [4.78, 5) is 13.9. The second-order valence-corrected chi connectivity index (χ2v) is 4.96. The Balaban J connectivity index is 2.41. The van der Waals surface area contributed by atoms with E-state index in [-0.39, 0.29) is 5.97 Å². The molecule has 0 unspecified atom stereocenters. The molecule has 0 aliphatic rings. The normalized spacial score (nSPS) is 10.3. The number of nitrogens with zero attached hydrogens (tertiary/aromatic N) is 1. The molecule has 0 amide bonds. The molecule has 1 rings (SSSR count). The van der Waals surface area contributed by atoms with E-state index in [0.29, 0.717) is 12.2 Å². The highest BCUT2D eigenvalue weighted by atomic mass is 16.5. The summed E-state index contributed by atoms with van der Waals surface area (Å²) in [7, 11) is 3.85. The van der Waals surface area contributed by atoms with Gasteiger partial charge in [-0.05, 0) is 18.6 Å². The Morgan fingerprint density at radius 1 is 1.11 bits per heavy atom. The Morgan fingerprint density at radius 3 is 2.47 bits per heavy atom. The lowest BCUT2D eigenvalue weighted by Gasteiger charge is -2.16. The molecule has 0 fully saturated rings. The van der Waals surface area contributed by atoms with Crippen molar-refractivity contribution in [2.75, 3.05) is 25.6 Å². The van der Waals surface area contributed by atoms with Gasteiger partial charge in [0.25, 0.3) is 0 Å². The molecular weight excluding hydrogens is 238 g/mol. The number of ether oxygens (including phenoxy) is 1. The topological polar surface area (TPSA) is 29.5 Å². The summed E-state index contributed by atoms with van der Waals surface area (Å²) < 4.78 is 5.33. The quantitative estimate of drug-likeness (QED) is 0.526. The van der Waals surface area contributed by atoms with Crippen LogP contribution in [-0.2, 0) is 4.74 Å². The lowest BCUT2D eigenvalue weighted by atomic mass is 10.1. The number of hydrogen-bond acceptors (Lipinski definition) is 3. The first-order valence-electron chi connectivity index (χ1n) is 7.10. The van der Waals surface area contributed by atoms with Gasteiger partial charge in [0.05, 0.1) is 17.9 Å². The summed E-state index contributed by atoms with van der Waals surface area (Å²) in [5.41, 5.74) is 1.54. The van der Waals surface area contributed by atoms with Gasteiger partial charge in [-0.1, -0.05) is 44.7 Å². The van der Waals surface area contributed by atoms with Crippen molar-refractivity contribution in [3.63, 3.8) is 0 Å². The van der Waals surface area contributed by atoms with Crippen LogP contribution in [0, 0.1) is 0 Å². The number of hydrogen-bond donors (Lipinski definition) is 0. The Labute approximate surface area is 116 Å². The average Bonchev–Trinajstić information content (AvgIpc) is 2.42. The van der Waals surface area contributed by atoms with E-state index in [1.165, 1.54) is 19.3 Å². The van der Waals surface area contributed by atoms with Crippen LogP contribution in [-0.4, -0.2) is 26.7 Å². The molecule has 3 nitrogen and oxygen atoms in total. The molecule has 1 aromatic carbocycles. The van der Waals surface area contributed by atoms with Gasteiger partial charge in [0.15, 0.2) is 0 Å². The minimum Gasteiger partial charge on any atom is -0.462 e. The van der Waals surface area contributed by atoms with Crippen molar-refractivity contribution in [1.29, 1.82) is 0 Å². The van der Waals surface area contributed by atoms with Crippen molar-refractivity contribution in [3.8, 4) is 0 Å². The summed E-state index contributed by atoms with van der Waals surface area (Å²) in [6.07, 6.45) is 5.81. The molecule has 0 N–H and O–H groups in total. The van der Waals surface area contributed by atoms with E-state index in [1.807, 2.05) is 43.3 Å². The molecule has 0 saturated heterocycles. The fraction of sp³-hybridized carbons (Fsp3) is 0.562. The predicted molar refractivity (Wildman–Crippen MR) is 79.8 cm³/mol. The van der Waals surface area contributed by atoms with Crippen LogP contribution in [0.3, 0.4) is 0 Å². The fourth-order valence-electron chi connectivity index (χ4n) is 1.98. The Kier molecular flexibility index (Phi) is 7.01. The van der Waals surface area contributed by atoms with Crippen molar-refractivity contribution < 1.29 is 9.53 Å². The minimum atomic E-state index is -0.222.